The van der Waals surface area contributed by atoms with Crippen molar-refractivity contribution in [1.82, 2.24) is 4.98 Å². The molecule has 0 saturated heterocycles. The molecular formula is C14H15ClN2S. The van der Waals surface area contributed by atoms with E-state index >= 15 is 0 Å². The molecular weight excluding hydrogens is 264 g/mol. The van der Waals surface area contributed by atoms with Crippen LogP contribution in [-0.4, -0.2) is 4.98 Å². The van der Waals surface area contributed by atoms with Gasteiger partial charge in [0.15, 0.2) is 5.13 Å². The molecule has 0 spiro atoms. The van der Waals surface area contributed by atoms with Crippen molar-refractivity contribution in [3.05, 3.63) is 44.9 Å². The minimum atomic E-state index is 0.646. The summed E-state index contributed by atoms with van der Waals surface area (Å²) in [5.74, 6) is 0.646. The zero-order valence-electron chi connectivity index (χ0n) is 10.2. The highest BCUT2D eigenvalue weighted by atomic mass is 35.5. The molecule has 1 aromatic heterocycles. The van der Waals surface area contributed by atoms with Gasteiger partial charge in [-0.2, -0.15) is 0 Å². The van der Waals surface area contributed by atoms with Crippen LogP contribution in [0.1, 0.15) is 40.5 Å². The summed E-state index contributed by atoms with van der Waals surface area (Å²) in [6.45, 7) is 2.07. The van der Waals surface area contributed by atoms with Gasteiger partial charge in [0.05, 0.1) is 5.69 Å². The molecule has 0 amide bonds. The first kappa shape index (κ1) is 12.0. The Balaban J connectivity index is 1.94. The van der Waals surface area contributed by atoms with E-state index in [1.54, 1.807) is 11.3 Å². The van der Waals surface area contributed by atoms with Gasteiger partial charge in [0, 0.05) is 22.2 Å². The third-order valence-electron chi connectivity index (χ3n) is 3.44. The molecule has 2 aromatic rings. The SMILES string of the molecule is Cc1c(Cl)cccc1Cc1sc(N)nc1C1CC1. The van der Waals surface area contributed by atoms with E-state index in [9.17, 15) is 0 Å². The lowest BCUT2D eigenvalue weighted by Crippen LogP contribution is -1.94. The molecule has 2 nitrogen and oxygen atoms in total. The van der Waals surface area contributed by atoms with Crippen molar-refractivity contribution < 1.29 is 0 Å². The van der Waals surface area contributed by atoms with Gasteiger partial charge in [-0.25, -0.2) is 4.98 Å². The van der Waals surface area contributed by atoms with E-state index < -0.39 is 0 Å². The second-order valence-corrected chi connectivity index (χ2v) is 6.36. The van der Waals surface area contributed by atoms with Crippen LogP contribution in [0.15, 0.2) is 18.2 Å². The Morgan fingerprint density at radius 1 is 1.44 bits per heavy atom. The van der Waals surface area contributed by atoms with E-state index in [0.717, 1.165) is 17.0 Å². The summed E-state index contributed by atoms with van der Waals surface area (Å²) in [7, 11) is 0. The molecule has 0 bridgehead atoms. The smallest absolute Gasteiger partial charge is 0.180 e. The van der Waals surface area contributed by atoms with Crippen LogP contribution >= 0.6 is 22.9 Å². The molecule has 4 heteroatoms. The topological polar surface area (TPSA) is 38.9 Å². The second kappa shape index (κ2) is 4.56. The van der Waals surface area contributed by atoms with Crippen molar-refractivity contribution in [3.63, 3.8) is 0 Å². The van der Waals surface area contributed by atoms with Crippen LogP contribution in [0.2, 0.25) is 5.02 Å². The van der Waals surface area contributed by atoms with Crippen molar-refractivity contribution in [2.75, 3.05) is 5.73 Å². The summed E-state index contributed by atoms with van der Waals surface area (Å²) in [5.41, 5.74) is 9.50. The molecule has 1 fully saturated rings. The number of rotatable bonds is 3. The Hall–Kier alpha value is -1.06. The molecule has 18 heavy (non-hydrogen) atoms. The van der Waals surface area contributed by atoms with E-state index in [-0.39, 0.29) is 0 Å². The molecule has 0 aliphatic heterocycles. The summed E-state index contributed by atoms with van der Waals surface area (Å²) in [6, 6.07) is 6.07. The molecule has 1 saturated carbocycles. The predicted molar refractivity (Wildman–Crippen MR) is 77.5 cm³/mol. The highest BCUT2D eigenvalue weighted by Crippen LogP contribution is 2.43. The number of hydrogen-bond acceptors (Lipinski definition) is 3. The lowest BCUT2D eigenvalue weighted by Gasteiger charge is -2.07. The molecule has 94 valence electrons. The van der Waals surface area contributed by atoms with E-state index in [1.807, 2.05) is 12.1 Å². The van der Waals surface area contributed by atoms with E-state index in [0.29, 0.717) is 11.0 Å². The van der Waals surface area contributed by atoms with Gasteiger partial charge in [-0.05, 0) is 37.0 Å². The summed E-state index contributed by atoms with van der Waals surface area (Å²) >= 11 is 7.78. The first-order valence-corrected chi connectivity index (χ1v) is 7.33. The van der Waals surface area contributed by atoms with Gasteiger partial charge in [0.1, 0.15) is 0 Å². The molecule has 0 radical (unpaired) electrons. The summed E-state index contributed by atoms with van der Waals surface area (Å²) in [6.07, 6.45) is 3.41. The van der Waals surface area contributed by atoms with Gasteiger partial charge in [-0.15, -0.1) is 11.3 Å². The number of nitrogens with two attached hydrogens (primary N) is 1. The number of aromatic nitrogens is 1. The van der Waals surface area contributed by atoms with Gasteiger partial charge in [-0.1, -0.05) is 23.7 Å². The third kappa shape index (κ3) is 2.25. The normalized spacial score (nSPS) is 15.0. The Labute approximate surface area is 116 Å². The third-order valence-corrected chi connectivity index (χ3v) is 4.75. The number of halogens is 1. The fourth-order valence-electron chi connectivity index (χ4n) is 2.20. The van der Waals surface area contributed by atoms with E-state index in [1.165, 1.54) is 29.0 Å². The van der Waals surface area contributed by atoms with Crippen molar-refractivity contribution >= 4 is 28.1 Å². The highest BCUT2D eigenvalue weighted by Gasteiger charge is 2.29. The minimum Gasteiger partial charge on any atom is -0.375 e. The van der Waals surface area contributed by atoms with Gasteiger partial charge in [-0.3, -0.25) is 0 Å². The number of hydrogen-bond donors (Lipinski definition) is 1. The minimum absolute atomic E-state index is 0.646. The lowest BCUT2D eigenvalue weighted by atomic mass is 10.0. The monoisotopic (exact) mass is 278 g/mol. The number of benzene rings is 1. The summed E-state index contributed by atoms with van der Waals surface area (Å²) < 4.78 is 0. The molecule has 0 atom stereocenters. The zero-order chi connectivity index (χ0) is 12.7. The van der Waals surface area contributed by atoms with Crippen LogP contribution < -0.4 is 5.73 Å². The maximum atomic E-state index is 6.16. The average molecular weight is 279 g/mol. The van der Waals surface area contributed by atoms with Gasteiger partial charge >= 0.3 is 0 Å². The van der Waals surface area contributed by atoms with E-state index in [2.05, 4.69) is 18.0 Å². The number of anilines is 1. The maximum Gasteiger partial charge on any atom is 0.180 e. The quantitative estimate of drug-likeness (QED) is 0.916. The first-order valence-electron chi connectivity index (χ1n) is 6.14. The number of nitrogens with zero attached hydrogens (tertiary/aromatic N) is 1. The average Bonchev–Trinajstić information content (AvgIpc) is 3.10. The fraction of sp³-hybridized carbons (Fsp3) is 0.357. The van der Waals surface area contributed by atoms with Crippen LogP contribution in [0.25, 0.3) is 0 Å². The predicted octanol–water partition coefficient (Wildman–Crippen LogP) is 4.16. The van der Waals surface area contributed by atoms with Crippen LogP contribution in [0, 0.1) is 6.92 Å². The van der Waals surface area contributed by atoms with Crippen molar-refractivity contribution in [3.8, 4) is 0 Å². The Bertz CT molecular complexity index is 587. The highest BCUT2D eigenvalue weighted by molar-refractivity contribution is 7.15. The Morgan fingerprint density at radius 3 is 2.94 bits per heavy atom. The molecule has 2 N–H and O–H groups in total. The van der Waals surface area contributed by atoms with Crippen molar-refractivity contribution in [2.45, 2.75) is 32.1 Å². The fourth-order valence-corrected chi connectivity index (χ4v) is 3.34. The lowest BCUT2D eigenvalue weighted by molar-refractivity contribution is 1.01. The first-order chi connectivity index (χ1) is 8.65. The molecule has 1 aliphatic carbocycles. The molecule has 1 aliphatic rings. The standard InChI is InChI=1S/C14H15ClN2S/c1-8-10(3-2-4-11(8)15)7-12-13(9-5-6-9)17-14(16)18-12/h2-4,9H,5-7H2,1H3,(H2,16,17). The summed E-state index contributed by atoms with van der Waals surface area (Å²) in [4.78, 5) is 5.79. The van der Waals surface area contributed by atoms with Gasteiger partial charge in [0.25, 0.3) is 0 Å². The molecule has 1 aromatic carbocycles. The molecule has 0 unspecified atom stereocenters. The maximum absolute atomic E-state index is 6.16. The zero-order valence-corrected chi connectivity index (χ0v) is 11.8. The van der Waals surface area contributed by atoms with Crippen molar-refractivity contribution in [1.29, 1.82) is 0 Å². The number of thiazole rings is 1. The molecule has 3 rings (SSSR count). The van der Waals surface area contributed by atoms with Gasteiger partial charge in [0.2, 0.25) is 0 Å². The van der Waals surface area contributed by atoms with Crippen LogP contribution in [0.5, 0.6) is 0 Å². The van der Waals surface area contributed by atoms with Crippen LogP contribution in [-0.2, 0) is 6.42 Å². The van der Waals surface area contributed by atoms with Gasteiger partial charge < -0.3 is 5.73 Å². The summed E-state index contributed by atoms with van der Waals surface area (Å²) in [5, 5.41) is 1.52. The van der Waals surface area contributed by atoms with Crippen LogP contribution in [0.3, 0.4) is 0 Å². The Kier molecular flexibility index (Phi) is 3.04. The van der Waals surface area contributed by atoms with E-state index in [4.69, 9.17) is 17.3 Å². The Morgan fingerprint density at radius 2 is 2.22 bits per heavy atom. The second-order valence-electron chi connectivity index (χ2n) is 4.84. The molecule has 1 heterocycles. The largest absolute Gasteiger partial charge is 0.375 e. The number of nitrogen functional groups attached to an aromatic ring is 1. The van der Waals surface area contributed by atoms with Crippen molar-refractivity contribution in [2.24, 2.45) is 0 Å². The van der Waals surface area contributed by atoms with Crippen LogP contribution in [0.4, 0.5) is 5.13 Å².